The summed E-state index contributed by atoms with van der Waals surface area (Å²) in [6.07, 6.45) is 1.04. The van der Waals surface area contributed by atoms with Crippen molar-refractivity contribution in [1.82, 2.24) is 5.32 Å². The summed E-state index contributed by atoms with van der Waals surface area (Å²) in [7, 11) is 0. The van der Waals surface area contributed by atoms with Crippen LogP contribution in [0.3, 0.4) is 0 Å². The molecule has 0 amide bonds. The zero-order valence-electron chi connectivity index (χ0n) is 21.0. The van der Waals surface area contributed by atoms with Gasteiger partial charge in [-0.1, -0.05) is 43.3 Å². The van der Waals surface area contributed by atoms with Gasteiger partial charge in [0.2, 0.25) is 0 Å². The van der Waals surface area contributed by atoms with Crippen LogP contribution in [0.15, 0.2) is 71.1 Å². The molecule has 1 aliphatic heterocycles. The van der Waals surface area contributed by atoms with Gasteiger partial charge >= 0.3 is 5.97 Å². The van der Waals surface area contributed by atoms with Gasteiger partial charge in [0.25, 0.3) is 0 Å². The number of phenolic OH excluding ortho intramolecular Hbond substituents is 1. The molecule has 0 unspecified atom stereocenters. The lowest BCUT2D eigenvalue weighted by Gasteiger charge is -2.36. The van der Waals surface area contributed by atoms with E-state index < -0.39 is 11.9 Å². The quantitative estimate of drug-likeness (QED) is 0.345. The van der Waals surface area contributed by atoms with Crippen molar-refractivity contribution in [2.75, 3.05) is 24.7 Å². The number of Topliss-reactive ketones (excluding diaryl/α,β-unsaturated/α-hetero) is 1. The predicted molar refractivity (Wildman–Crippen MR) is 142 cm³/mol. The third kappa shape index (κ3) is 5.46. The average Bonchev–Trinajstić information content (AvgIpc) is 2.87. The molecule has 2 atom stereocenters. The van der Waals surface area contributed by atoms with Gasteiger partial charge in [0.1, 0.15) is 6.61 Å². The molecule has 4 rings (SSSR count). The fourth-order valence-electron chi connectivity index (χ4n) is 5.00. The van der Waals surface area contributed by atoms with Crippen LogP contribution in [-0.2, 0) is 14.3 Å². The van der Waals surface area contributed by atoms with Crippen LogP contribution in [0.2, 0.25) is 0 Å². The number of carbonyl (C=O) groups is 2. The number of hydrogen-bond donors (Lipinski definition) is 2. The van der Waals surface area contributed by atoms with E-state index in [9.17, 15) is 14.7 Å². The van der Waals surface area contributed by atoms with Crippen molar-refractivity contribution in [1.29, 1.82) is 0 Å². The highest BCUT2D eigenvalue weighted by Gasteiger charge is 2.41. The van der Waals surface area contributed by atoms with Crippen LogP contribution in [0, 0.1) is 0 Å². The van der Waals surface area contributed by atoms with E-state index in [-0.39, 0.29) is 17.5 Å². The third-order valence-electron chi connectivity index (χ3n) is 6.60. The van der Waals surface area contributed by atoms with E-state index in [0.29, 0.717) is 60.0 Å². The standard InChI is InChI=1S/C29H33NO5S/c1-4-34-25-17-20(11-12-23(25)31)27-26(29(33)35-13-14-36-5-2)18(3)30-22-15-21(16-24(32)28(22)27)19-9-7-6-8-10-19/h6-12,17,21,27,30-31H,4-5,13-16H2,1-3H3/t21-,27-/m0/s1. The van der Waals surface area contributed by atoms with Crippen LogP contribution in [0.25, 0.3) is 0 Å². The summed E-state index contributed by atoms with van der Waals surface area (Å²) in [6.45, 7) is 6.44. The highest BCUT2D eigenvalue weighted by Crippen LogP contribution is 2.46. The largest absolute Gasteiger partial charge is 0.504 e. The zero-order chi connectivity index (χ0) is 25.7. The fraction of sp³-hybridized carbons (Fsp3) is 0.379. The summed E-state index contributed by atoms with van der Waals surface area (Å²) in [6, 6.07) is 15.1. The molecule has 0 bridgehead atoms. The van der Waals surface area contributed by atoms with Crippen LogP contribution in [0.1, 0.15) is 56.6 Å². The lowest BCUT2D eigenvalue weighted by Crippen LogP contribution is -2.36. The summed E-state index contributed by atoms with van der Waals surface area (Å²) in [5.41, 5.74) is 4.38. The van der Waals surface area contributed by atoms with E-state index in [1.807, 2.05) is 32.0 Å². The van der Waals surface area contributed by atoms with Gasteiger partial charge in [0.05, 0.1) is 12.2 Å². The number of benzene rings is 2. The maximum absolute atomic E-state index is 13.7. The molecule has 2 aromatic rings. The Morgan fingerprint density at radius 1 is 1.11 bits per heavy atom. The Labute approximate surface area is 216 Å². The Morgan fingerprint density at radius 2 is 1.89 bits per heavy atom. The molecule has 1 heterocycles. The molecule has 190 valence electrons. The number of hydrogen-bond acceptors (Lipinski definition) is 7. The number of ether oxygens (including phenoxy) is 2. The molecule has 0 saturated carbocycles. The molecule has 0 radical (unpaired) electrons. The van der Waals surface area contributed by atoms with Crippen molar-refractivity contribution < 1.29 is 24.2 Å². The molecule has 0 spiro atoms. The minimum absolute atomic E-state index is 0.00739. The number of esters is 1. The minimum Gasteiger partial charge on any atom is -0.504 e. The van der Waals surface area contributed by atoms with Crippen molar-refractivity contribution in [2.24, 2.45) is 0 Å². The number of dihydropyridines is 1. The number of thioether (sulfide) groups is 1. The lowest BCUT2D eigenvalue weighted by atomic mass is 9.71. The number of aromatic hydroxyl groups is 1. The van der Waals surface area contributed by atoms with Gasteiger partial charge in [-0.2, -0.15) is 11.8 Å². The van der Waals surface area contributed by atoms with Crippen LogP contribution < -0.4 is 10.1 Å². The minimum atomic E-state index is -0.600. The molecule has 2 N–H and O–H groups in total. The van der Waals surface area contributed by atoms with Gasteiger partial charge < -0.3 is 19.9 Å². The molecular formula is C29H33NO5S. The number of rotatable bonds is 9. The Kier molecular flexibility index (Phi) is 8.41. The molecule has 0 aromatic heterocycles. The smallest absolute Gasteiger partial charge is 0.336 e. The highest BCUT2D eigenvalue weighted by atomic mass is 32.2. The second-order valence-electron chi connectivity index (χ2n) is 8.92. The first-order chi connectivity index (χ1) is 17.4. The molecule has 0 fully saturated rings. The fourth-order valence-corrected chi connectivity index (χ4v) is 5.49. The highest BCUT2D eigenvalue weighted by molar-refractivity contribution is 7.99. The van der Waals surface area contributed by atoms with E-state index in [0.717, 1.165) is 17.0 Å². The molecule has 2 aliphatic rings. The van der Waals surface area contributed by atoms with E-state index in [1.165, 1.54) is 0 Å². The maximum Gasteiger partial charge on any atom is 0.336 e. The molecule has 0 saturated heterocycles. The van der Waals surface area contributed by atoms with Crippen molar-refractivity contribution in [3.63, 3.8) is 0 Å². The van der Waals surface area contributed by atoms with Gasteiger partial charge in [0, 0.05) is 35.1 Å². The van der Waals surface area contributed by atoms with Gasteiger partial charge in [-0.25, -0.2) is 4.79 Å². The molecule has 7 heteroatoms. The van der Waals surface area contributed by atoms with Crippen LogP contribution >= 0.6 is 11.8 Å². The van der Waals surface area contributed by atoms with Crippen molar-refractivity contribution in [2.45, 2.75) is 45.4 Å². The van der Waals surface area contributed by atoms with Crippen LogP contribution in [0.4, 0.5) is 0 Å². The topological polar surface area (TPSA) is 84.9 Å². The van der Waals surface area contributed by atoms with Crippen LogP contribution in [-0.4, -0.2) is 41.6 Å². The van der Waals surface area contributed by atoms with Crippen molar-refractivity contribution in [3.8, 4) is 11.5 Å². The summed E-state index contributed by atoms with van der Waals surface area (Å²) in [5, 5.41) is 13.7. The molecule has 36 heavy (non-hydrogen) atoms. The molecular weight excluding hydrogens is 474 g/mol. The van der Waals surface area contributed by atoms with Gasteiger partial charge in [-0.05, 0) is 55.2 Å². The Balaban J connectivity index is 1.75. The normalized spacial score (nSPS) is 19.6. The second-order valence-corrected chi connectivity index (χ2v) is 10.3. The van der Waals surface area contributed by atoms with Crippen molar-refractivity contribution >= 4 is 23.5 Å². The number of ketones is 1. The third-order valence-corrected chi connectivity index (χ3v) is 7.46. The SMILES string of the molecule is CCOc1cc([C@H]2C(C(=O)OCCSCC)=C(C)NC3=C2C(=O)C[C@@H](c2ccccc2)C3)ccc1O. The number of nitrogens with one attached hydrogen (secondary N) is 1. The molecule has 2 aromatic carbocycles. The van der Waals surface area contributed by atoms with Gasteiger partial charge in [0.15, 0.2) is 17.3 Å². The lowest BCUT2D eigenvalue weighted by molar-refractivity contribution is -0.138. The van der Waals surface area contributed by atoms with Gasteiger partial charge in [-0.15, -0.1) is 0 Å². The van der Waals surface area contributed by atoms with Crippen molar-refractivity contribution in [3.05, 3.63) is 82.2 Å². The van der Waals surface area contributed by atoms with E-state index in [2.05, 4.69) is 24.4 Å². The number of carbonyl (C=O) groups excluding carboxylic acids is 2. The first kappa shape index (κ1) is 25.9. The Hall–Kier alpha value is -3.19. The maximum atomic E-state index is 13.7. The van der Waals surface area contributed by atoms with Crippen LogP contribution in [0.5, 0.6) is 11.5 Å². The number of phenols is 1. The average molecular weight is 508 g/mol. The molecule has 6 nitrogen and oxygen atoms in total. The predicted octanol–water partition coefficient (Wildman–Crippen LogP) is 5.45. The van der Waals surface area contributed by atoms with Gasteiger partial charge in [-0.3, -0.25) is 4.79 Å². The second kappa shape index (κ2) is 11.7. The van der Waals surface area contributed by atoms with E-state index >= 15 is 0 Å². The van der Waals surface area contributed by atoms with E-state index in [4.69, 9.17) is 9.47 Å². The zero-order valence-corrected chi connectivity index (χ0v) is 21.8. The number of allylic oxidation sites excluding steroid dienone is 3. The molecule has 1 aliphatic carbocycles. The summed E-state index contributed by atoms with van der Waals surface area (Å²) in [4.78, 5) is 27.0. The Morgan fingerprint density at radius 3 is 2.61 bits per heavy atom. The summed E-state index contributed by atoms with van der Waals surface area (Å²) < 4.78 is 11.3. The summed E-state index contributed by atoms with van der Waals surface area (Å²) >= 11 is 1.70. The Bertz CT molecular complexity index is 1190. The van der Waals surface area contributed by atoms with E-state index in [1.54, 1.807) is 30.0 Å². The first-order valence-electron chi connectivity index (χ1n) is 12.4. The first-order valence-corrected chi connectivity index (χ1v) is 13.6. The monoisotopic (exact) mass is 507 g/mol. The summed E-state index contributed by atoms with van der Waals surface area (Å²) in [5.74, 6) is 1.05.